The van der Waals surface area contributed by atoms with Crippen LogP contribution in [0.3, 0.4) is 0 Å². The van der Waals surface area contributed by atoms with E-state index in [-0.39, 0.29) is 18.9 Å². The Bertz CT molecular complexity index is 1990. The van der Waals surface area contributed by atoms with Gasteiger partial charge in [-0.15, -0.1) is 0 Å². The molecule has 3 aliphatic heterocycles. The smallest absolute Gasteiger partial charge is 0.220 e. The highest BCUT2D eigenvalue weighted by Gasteiger charge is 2.53. The number of carbonyl (C=O) groups is 1. The molecule has 3 saturated heterocycles. The number of nitrogens with one attached hydrogen (secondary N) is 1. The van der Waals surface area contributed by atoms with E-state index in [1.807, 2.05) is 6.08 Å². The van der Waals surface area contributed by atoms with Crippen LogP contribution in [0.1, 0.15) is 206 Å². The summed E-state index contributed by atoms with van der Waals surface area (Å²) < 4.78 is 34.3. The zero-order valence-electron chi connectivity index (χ0n) is 53.9. The van der Waals surface area contributed by atoms with Crippen LogP contribution in [0.2, 0.25) is 0 Å². The predicted octanol–water partition coefficient (Wildman–Crippen LogP) is 8.49. The van der Waals surface area contributed by atoms with E-state index in [2.05, 4.69) is 104 Å². The number of aliphatic hydroxyl groups is 11. The quantitative estimate of drug-likeness (QED) is 0.0201. The third-order valence-corrected chi connectivity index (χ3v) is 16.4. The molecule has 19 nitrogen and oxygen atoms in total. The maximum Gasteiger partial charge on any atom is 0.220 e. The van der Waals surface area contributed by atoms with Gasteiger partial charge in [-0.05, 0) is 77.0 Å². The average molecular weight is 1260 g/mol. The maximum atomic E-state index is 13.4. The van der Waals surface area contributed by atoms with E-state index in [1.165, 1.54) is 77.0 Å². The first-order chi connectivity index (χ1) is 43.3. The van der Waals surface area contributed by atoms with E-state index in [1.54, 1.807) is 6.08 Å². The molecule has 0 aromatic heterocycles. The third kappa shape index (κ3) is 33.4. The van der Waals surface area contributed by atoms with E-state index in [9.17, 15) is 61.0 Å². The Labute approximate surface area is 533 Å². The molecule has 17 unspecified atom stereocenters. The number of aliphatic hydroxyl groups excluding tert-OH is 11. The molecule has 0 aromatic rings. The van der Waals surface area contributed by atoms with Gasteiger partial charge in [0.25, 0.3) is 0 Å². The minimum Gasteiger partial charge on any atom is -0.394 e. The molecule has 17 atom stereocenters. The summed E-state index contributed by atoms with van der Waals surface area (Å²) in [7, 11) is 0. The van der Waals surface area contributed by atoms with Gasteiger partial charge in [-0.2, -0.15) is 0 Å². The van der Waals surface area contributed by atoms with Crippen LogP contribution in [-0.2, 0) is 33.2 Å². The number of rotatable bonds is 50. The molecule has 12 N–H and O–H groups in total. The highest BCUT2D eigenvalue weighted by atomic mass is 16.8. The van der Waals surface area contributed by atoms with Gasteiger partial charge in [-0.25, -0.2) is 0 Å². The van der Waals surface area contributed by atoms with Crippen molar-refractivity contribution < 1.29 is 89.4 Å². The van der Waals surface area contributed by atoms with Crippen molar-refractivity contribution in [3.63, 3.8) is 0 Å². The third-order valence-electron chi connectivity index (χ3n) is 16.4. The van der Waals surface area contributed by atoms with Crippen LogP contribution in [-0.4, -0.2) is 193 Å². The van der Waals surface area contributed by atoms with Crippen LogP contribution >= 0.6 is 0 Å². The zero-order valence-corrected chi connectivity index (χ0v) is 53.9. The first-order valence-electron chi connectivity index (χ1n) is 34.0. The van der Waals surface area contributed by atoms with Gasteiger partial charge in [0.1, 0.15) is 73.2 Å². The molecule has 0 saturated carbocycles. The maximum absolute atomic E-state index is 13.4. The number of amides is 1. The minimum absolute atomic E-state index is 0.230. The molecule has 0 aromatic carbocycles. The lowest BCUT2D eigenvalue weighted by atomic mass is 9.96. The molecule has 1 amide bonds. The predicted molar refractivity (Wildman–Crippen MR) is 346 cm³/mol. The molecule has 19 heteroatoms. The lowest BCUT2D eigenvalue weighted by molar-refractivity contribution is -0.379. The second kappa shape index (κ2) is 51.2. The molecule has 89 heavy (non-hydrogen) atoms. The SMILES string of the molecule is CC/C=C\C/C=C\C/C=C\C/C=C\C/C=C\C/C=C\C/C=C\CCCCCCCCCCCC(=O)NC(COC1OC(CO)C(OC2OC(CO)C(OC3OC(CO)C(O)C(O)C3O)C(O)C2O)C(O)C1O)C(O)/C=C/CCCCCCCCCCCCC. The van der Waals surface area contributed by atoms with E-state index in [4.69, 9.17) is 28.4 Å². The fourth-order valence-electron chi connectivity index (χ4n) is 10.9. The summed E-state index contributed by atoms with van der Waals surface area (Å²) in [6, 6.07) is -0.982. The van der Waals surface area contributed by atoms with Crippen LogP contribution in [0.5, 0.6) is 0 Å². The summed E-state index contributed by atoms with van der Waals surface area (Å²) in [4.78, 5) is 13.4. The van der Waals surface area contributed by atoms with Crippen molar-refractivity contribution in [2.24, 2.45) is 0 Å². The van der Waals surface area contributed by atoms with E-state index in [0.717, 1.165) is 103 Å². The number of allylic oxidation sites excluding steroid dienone is 15. The van der Waals surface area contributed by atoms with Crippen LogP contribution in [0, 0.1) is 0 Å². The van der Waals surface area contributed by atoms with E-state index >= 15 is 0 Å². The molecular formula is C70H119NO18. The Morgan fingerprint density at radius 2 is 0.775 bits per heavy atom. The normalized spacial score (nSPS) is 28.8. The topological polar surface area (TPSA) is 307 Å². The van der Waals surface area contributed by atoms with E-state index in [0.29, 0.717) is 6.42 Å². The molecule has 3 rings (SSSR count). The molecule has 3 heterocycles. The van der Waals surface area contributed by atoms with Crippen LogP contribution < -0.4 is 5.32 Å². The van der Waals surface area contributed by atoms with Gasteiger partial charge in [0.15, 0.2) is 18.9 Å². The Morgan fingerprint density at radius 1 is 0.416 bits per heavy atom. The van der Waals surface area contributed by atoms with Crippen molar-refractivity contribution in [2.45, 2.75) is 311 Å². The van der Waals surface area contributed by atoms with Crippen molar-refractivity contribution >= 4 is 5.91 Å². The molecular weight excluding hydrogens is 1140 g/mol. The molecule has 3 aliphatic rings. The number of hydrogen-bond donors (Lipinski definition) is 12. The second-order valence-electron chi connectivity index (χ2n) is 23.9. The monoisotopic (exact) mass is 1260 g/mol. The summed E-state index contributed by atoms with van der Waals surface area (Å²) >= 11 is 0. The lowest BCUT2D eigenvalue weighted by Crippen LogP contribution is -2.66. The second-order valence-corrected chi connectivity index (χ2v) is 23.9. The molecule has 0 aliphatic carbocycles. The fraction of sp³-hybridized carbons (Fsp3) is 0.757. The molecule has 0 spiro atoms. The van der Waals surface area contributed by atoms with Gasteiger partial charge in [-0.3, -0.25) is 4.79 Å². The Hall–Kier alpha value is -3.29. The van der Waals surface area contributed by atoms with Crippen molar-refractivity contribution in [2.75, 3.05) is 26.4 Å². The largest absolute Gasteiger partial charge is 0.394 e. The van der Waals surface area contributed by atoms with Gasteiger partial charge in [-0.1, -0.05) is 220 Å². The summed E-state index contributed by atoms with van der Waals surface area (Å²) in [6.45, 7) is 1.58. The first-order valence-corrected chi connectivity index (χ1v) is 34.0. The first kappa shape index (κ1) is 79.9. The Balaban J connectivity index is 1.40. The fourth-order valence-corrected chi connectivity index (χ4v) is 10.9. The van der Waals surface area contributed by atoms with Gasteiger partial charge < -0.3 is 89.9 Å². The summed E-state index contributed by atoms with van der Waals surface area (Å²) in [5.74, 6) is -0.287. The average Bonchev–Trinajstić information content (AvgIpc) is 1.92. The van der Waals surface area contributed by atoms with Crippen LogP contribution in [0.4, 0.5) is 0 Å². The van der Waals surface area contributed by atoms with E-state index < -0.39 is 124 Å². The van der Waals surface area contributed by atoms with Crippen LogP contribution in [0.25, 0.3) is 0 Å². The number of hydrogen-bond acceptors (Lipinski definition) is 18. The Kier molecular flexibility index (Phi) is 46.0. The molecule has 3 fully saturated rings. The van der Waals surface area contributed by atoms with Crippen molar-refractivity contribution in [1.29, 1.82) is 0 Å². The summed E-state index contributed by atoms with van der Waals surface area (Å²) in [5, 5.41) is 120. The number of carbonyl (C=O) groups excluding carboxylic acids is 1. The van der Waals surface area contributed by atoms with Crippen molar-refractivity contribution in [3.05, 3.63) is 97.2 Å². The lowest BCUT2D eigenvalue weighted by Gasteiger charge is -2.48. The van der Waals surface area contributed by atoms with Crippen LogP contribution in [0.15, 0.2) is 97.2 Å². The van der Waals surface area contributed by atoms with Crippen molar-refractivity contribution in [3.8, 4) is 0 Å². The number of ether oxygens (including phenoxy) is 6. The number of unbranched alkanes of at least 4 members (excludes halogenated alkanes) is 20. The standard InChI is InChI=1S/C70H119NO18/c1-3-5-7-9-11-13-15-17-18-19-20-21-22-23-24-25-26-27-28-29-30-31-32-33-34-36-38-40-42-44-46-48-58(76)71-53(54(75)47-45-43-41-39-37-35-16-14-12-10-8-6-4-2)52-84-68-64(82)61(79)66(56(50-73)86-68)89-70-65(83)62(80)67(57(51-74)87-70)88-69-63(81)60(78)59(77)55(49-72)85-69/h5,7,11,13,17-18,20-21,23-24,26-27,29-30,45,47,53-57,59-70,72-75,77-83H,3-4,6,8-10,12,14-16,19,22,25,28,31-44,46,48-52H2,1-2H3,(H,71,76)/b7-5-,13-11-,18-17-,21-20-,24-23-,27-26-,30-29-,47-45+. The van der Waals surface area contributed by atoms with Gasteiger partial charge in [0.05, 0.1) is 38.6 Å². The van der Waals surface area contributed by atoms with Gasteiger partial charge in [0.2, 0.25) is 5.91 Å². The summed E-state index contributed by atoms with van der Waals surface area (Å²) in [5.41, 5.74) is 0. The minimum atomic E-state index is -1.98. The Morgan fingerprint density at radius 3 is 1.21 bits per heavy atom. The summed E-state index contributed by atoms with van der Waals surface area (Å²) in [6.07, 6.45) is 39.5. The molecule has 512 valence electrons. The molecule has 0 radical (unpaired) electrons. The highest BCUT2D eigenvalue weighted by Crippen LogP contribution is 2.33. The van der Waals surface area contributed by atoms with Gasteiger partial charge in [0, 0.05) is 6.42 Å². The molecule has 0 bridgehead atoms. The zero-order chi connectivity index (χ0) is 64.7. The highest BCUT2D eigenvalue weighted by molar-refractivity contribution is 5.76. The van der Waals surface area contributed by atoms with Gasteiger partial charge >= 0.3 is 0 Å². The van der Waals surface area contributed by atoms with Crippen molar-refractivity contribution in [1.82, 2.24) is 5.32 Å².